The second kappa shape index (κ2) is 6.36. The van der Waals surface area contributed by atoms with Crippen molar-refractivity contribution in [2.24, 2.45) is 0 Å². The van der Waals surface area contributed by atoms with Crippen molar-refractivity contribution in [3.8, 4) is 16.9 Å². The molecule has 0 aliphatic carbocycles. The van der Waals surface area contributed by atoms with E-state index in [4.69, 9.17) is 9.84 Å². The highest BCUT2D eigenvalue weighted by Crippen LogP contribution is 2.26. The number of aryl methyl sites for hydroxylation is 1. The summed E-state index contributed by atoms with van der Waals surface area (Å²) in [6, 6.07) is 15.9. The molecule has 0 aliphatic rings. The number of ether oxygens (including phenoxy) is 1. The average molecular weight is 258 g/mol. The van der Waals surface area contributed by atoms with Gasteiger partial charge in [0.1, 0.15) is 18.5 Å². The minimum absolute atomic E-state index is 0.0910. The van der Waals surface area contributed by atoms with Crippen LogP contribution in [0.5, 0.6) is 5.75 Å². The van der Waals surface area contributed by atoms with E-state index in [9.17, 15) is 5.11 Å². The van der Waals surface area contributed by atoms with Crippen LogP contribution in [0.1, 0.15) is 5.56 Å². The van der Waals surface area contributed by atoms with E-state index in [1.807, 2.05) is 36.4 Å². The third-order valence-electron chi connectivity index (χ3n) is 2.94. The Labute approximate surface area is 113 Å². The van der Waals surface area contributed by atoms with Gasteiger partial charge in [-0.3, -0.25) is 0 Å². The topological polar surface area (TPSA) is 49.7 Å². The molecule has 0 bridgehead atoms. The van der Waals surface area contributed by atoms with Crippen LogP contribution < -0.4 is 4.74 Å². The summed E-state index contributed by atoms with van der Waals surface area (Å²) in [6.07, 6.45) is -0.845. The van der Waals surface area contributed by atoms with E-state index < -0.39 is 6.10 Å². The molecule has 0 saturated carbocycles. The molecule has 0 radical (unpaired) electrons. The van der Waals surface area contributed by atoms with Gasteiger partial charge in [-0.15, -0.1) is 0 Å². The van der Waals surface area contributed by atoms with Crippen LogP contribution >= 0.6 is 0 Å². The maximum Gasteiger partial charge on any atom is 0.120 e. The third-order valence-corrected chi connectivity index (χ3v) is 2.94. The molecule has 0 aliphatic heterocycles. The lowest BCUT2D eigenvalue weighted by atomic mass is 10.0. The van der Waals surface area contributed by atoms with E-state index in [2.05, 4.69) is 19.1 Å². The van der Waals surface area contributed by atoms with Crippen molar-refractivity contribution in [1.82, 2.24) is 0 Å². The number of hydrogen-bond acceptors (Lipinski definition) is 3. The second-order valence-electron chi connectivity index (χ2n) is 4.49. The Morgan fingerprint density at radius 1 is 1.11 bits per heavy atom. The molecule has 3 heteroatoms. The normalized spacial score (nSPS) is 12.2. The van der Waals surface area contributed by atoms with E-state index in [-0.39, 0.29) is 13.2 Å². The van der Waals surface area contributed by atoms with Gasteiger partial charge in [0.25, 0.3) is 0 Å². The number of rotatable bonds is 5. The van der Waals surface area contributed by atoms with Crippen LogP contribution in [0.4, 0.5) is 0 Å². The fourth-order valence-corrected chi connectivity index (χ4v) is 1.90. The van der Waals surface area contributed by atoms with Crippen LogP contribution in [0, 0.1) is 6.92 Å². The predicted molar refractivity (Wildman–Crippen MR) is 75.2 cm³/mol. The molecule has 3 nitrogen and oxygen atoms in total. The van der Waals surface area contributed by atoms with Crippen molar-refractivity contribution in [2.75, 3.05) is 13.2 Å². The zero-order valence-corrected chi connectivity index (χ0v) is 10.9. The highest BCUT2D eigenvalue weighted by Gasteiger charge is 2.05. The average Bonchev–Trinajstić information content (AvgIpc) is 2.45. The molecule has 2 N–H and O–H groups in total. The van der Waals surface area contributed by atoms with Crippen molar-refractivity contribution in [1.29, 1.82) is 0 Å². The summed E-state index contributed by atoms with van der Waals surface area (Å²) in [4.78, 5) is 0. The van der Waals surface area contributed by atoms with Gasteiger partial charge in [-0.2, -0.15) is 0 Å². The Kier molecular flexibility index (Phi) is 4.55. The lowest BCUT2D eigenvalue weighted by Crippen LogP contribution is -2.21. The van der Waals surface area contributed by atoms with E-state index in [1.54, 1.807) is 0 Å². The zero-order chi connectivity index (χ0) is 13.7. The van der Waals surface area contributed by atoms with Crippen LogP contribution in [0.2, 0.25) is 0 Å². The number of hydrogen-bond donors (Lipinski definition) is 2. The molecule has 0 spiro atoms. The van der Waals surface area contributed by atoms with E-state index >= 15 is 0 Å². The lowest BCUT2D eigenvalue weighted by Gasteiger charge is -2.11. The number of aliphatic hydroxyl groups is 2. The molecule has 0 aromatic heterocycles. The smallest absolute Gasteiger partial charge is 0.120 e. The van der Waals surface area contributed by atoms with Crippen LogP contribution in [0.15, 0.2) is 48.5 Å². The van der Waals surface area contributed by atoms with Gasteiger partial charge in [0.15, 0.2) is 0 Å². The molecule has 2 rings (SSSR count). The first kappa shape index (κ1) is 13.6. The van der Waals surface area contributed by atoms with Crippen molar-refractivity contribution < 1.29 is 14.9 Å². The van der Waals surface area contributed by atoms with Crippen LogP contribution in [-0.2, 0) is 0 Å². The summed E-state index contributed by atoms with van der Waals surface area (Å²) in [5, 5.41) is 18.0. The number of aliphatic hydroxyl groups excluding tert-OH is 2. The van der Waals surface area contributed by atoms with Gasteiger partial charge in [-0.05, 0) is 35.7 Å². The highest BCUT2D eigenvalue weighted by atomic mass is 16.5. The quantitative estimate of drug-likeness (QED) is 0.865. The molecule has 0 fully saturated rings. The molecule has 2 aromatic rings. The van der Waals surface area contributed by atoms with E-state index in [0.29, 0.717) is 5.75 Å². The van der Waals surface area contributed by atoms with Gasteiger partial charge in [0, 0.05) is 0 Å². The molecule has 19 heavy (non-hydrogen) atoms. The monoisotopic (exact) mass is 258 g/mol. The van der Waals surface area contributed by atoms with Gasteiger partial charge in [0.2, 0.25) is 0 Å². The second-order valence-corrected chi connectivity index (χ2v) is 4.49. The predicted octanol–water partition coefficient (Wildman–Crippen LogP) is 2.39. The molecule has 100 valence electrons. The summed E-state index contributed by atoms with van der Waals surface area (Å²) in [7, 11) is 0. The first-order valence-electron chi connectivity index (χ1n) is 6.28. The summed E-state index contributed by atoms with van der Waals surface area (Å²) in [6.45, 7) is 1.86. The minimum Gasteiger partial charge on any atom is -0.491 e. The summed E-state index contributed by atoms with van der Waals surface area (Å²) >= 11 is 0. The van der Waals surface area contributed by atoms with Gasteiger partial charge >= 0.3 is 0 Å². The molecule has 0 unspecified atom stereocenters. The highest BCUT2D eigenvalue weighted by molar-refractivity contribution is 5.68. The minimum atomic E-state index is -0.845. The largest absolute Gasteiger partial charge is 0.491 e. The molecule has 0 amide bonds. The van der Waals surface area contributed by atoms with Gasteiger partial charge < -0.3 is 14.9 Å². The van der Waals surface area contributed by atoms with Crippen molar-refractivity contribution in [3.63, 3.8) is 0 Å². The fraction of sp³-hybridized carbons (Fsp3) is 0.250. The molecular formula is C16H18O3. The summed E-state index contributed by atoms with van der Waals surface area (Å²) in [5.41, 5.74) is 3.44. The fourth-order valence-electron chi connectivity index (χ4n) is 1.90. The molecule has 0 saturated heterocycles. The van der Waals surface area contributed by atoms with Crippen LogP contribution in [0.3, 0.4) is 0 Å². The van der Waals surface area contributed by atoms with Crippen molar-refractivity contribution >= 4 is 0 Å². The maximum absolute atomic E-state index is 9.27. The summed E-state index contributed by atoms with van der Waals surface area (Å²) < 4.78 is 5.45. The first-order valence-corrected chi connectivity index (χ1v) is 6.28. The number of benzene rings is 2. The lowest BCUT2D eigenvalue weighted by molar-refractivity contribution is 0.0536. The molecule has 0 heterocycles. The third kappa shape index (κ3) is 3.56. The molecule has 1 atom stereocenters. The molecule has 2 aromatic carbocycles. The van der Waals surface area contributed by atoms with Crippen LogP contribution in [-0.4, -0.2) is 29.5 Å². The standard InChI is InChI=1S/C16H18O3/c1-12-5-2-3-8-16(12)13-6-4-7-15(9-13)19-11-14(18)10-17/h2-9,14,17-18H,10-11H2,1H3/t14-/m1/s1. The van der Waals surface area contributed by atoms with E-state index in [0.717, 1.165) is 11.1 Å². The maximum atomic E-state index is 9.27. The summed E-state index contributed by atoms with van der Waals surface area (Å²) in [5.74, 6) is 0.688. The Morgan fingerprint density at radius 2 is 1.89 bits per heavy atom. The van der Waals surface area contributed by atoms with Crippen molar-refractivity contribution in [2.45, 2.75) is 13.0 Å². The Balaban J connectivity index is 2.18. The Hall–Kier alpha value is -1.84. The van der Waals surface area contributed by atoms with Crippen LogP contribution in [0.25, 0.3) is 11.1 Å². The van der Waals surface area contributed by atoms with Gasteiger partial charge in [-0.1, -0.05) is 36.4 Å². The van der Waals surface area contributed by atoms with Gasteiger partial charge in [-0.25, -0.2) is 0 Å². The molecular weight excluding hydrogens is 240 g/mol. The zero-order valence-electron chi connectivity index (χ0n) is 10.9. The van der Waals surface area contributed by atoms with E-state index in [1.165, 1.54) is 5.56 Å². The SMILES string of the molecule is Cc1ccccc1-c1cccc(OC[C@H](O)CO)c1. The van der Waals surface area contributed by atoms with Gasteiger partial charge in [0.05, 0.1) is 6.61 Å². The van der Waals surface area contributed by atoms with Crippen molar-refractivity contribution in [3.05, 3.63) is 54.1 Å². The first-order chi connectivity index (χ1) is 9.20. The Bertz CT molecular complexity index is 537. The Morgan fingerprint density at radius 3 is 2.63 bits per heavy atom.